The summed E-state index contributed by atoms with van der Waals surface area (Å²) in [6.07, 6.45) is 2.41. The van der Waals surface area contributed by atoms with Gasteiger partial charge in [0, 0.05) is 24.2 Å². The second kappa shape index (κ2) is 4.77. The molecular weight excluding hydrogens is 284 g/mol. The Kier molecular flexibility index (Phi) is 3.59. The quantitative estimate of drug-likeness (QED) is 0.884. The van der Waals surface area contributed by atoms with Gasteiger partial charge in [0.05, 0.1) is 0 Å². The average molecular weight is 302 g/mol. The maximum atomic E-state index is 12.6. The standard InChI is InChI=1S/C11H18N4O2S2/c1-5-11(2,3)14-19(16,17)9-8(12-4)13-10-15(9)6-7-18-10/h6-7,12,14H,5H2,1-4H3. The Morgan fingerprint density at radius 1 is 1.47 bits per heavy atom. The summed E-state index contributed by atoms with van der Waals surface area (Å²) < 4.78 is 29.4. The summed E-state index contributed by atoms with van der Waals surface area (Å²) in [6.45, 7) is 5.66. The summed E-state index contributed by atoms with van der Waals surface area (Å²) >= 11 is 1.40. The van der Waals surface area contributed by atoms with E-state index >= 15 is 0 Å². The van der Waals surface area contributed by atoms with Crippen LogP contribution >= 0.6 is 11.3 Å². The van der Waals surface area contributed by atoms with Crippen LogP contribution in [0.2, 0.25) is 0 Å². The lowest BCUT2D eigenvalue weighted by Gasteiger charge is -2.24. The molecule has 0 bridgehead atoms. The third-order valence-corrected chi connectivity index (χ3v) is 5.48. The van der Waals surface area contributed by atoms with Crippen LogP contribution in [0.4, 0.5) is 5.82 Å². The minimum absolute atomic E-state index is 0.160. The van der Waals surface area contributed by atoms with E-state index in [-0.39, 0.29) is 5.03 Å². The zero-order chi connectivity index (χ0) is 14.3. The van der Waals surface area contributed by atoms with Crippen molar-refractivity contribution in [2.75, 3.05) is 12.4 Å². The third-order valence-electron chi connectivity index (χ3n) is 3.00. The second-order valence-electron chi connectivity index (χ2n) is 4.91. The first-order valence-electron chi connectivity index (χ1n) is 5.98. The van der Waals surface area contributed by atoms with Gasteiger partial charge in [0.15, 0.2) is 15.8 Å². The van der Waals surface area contributed by atoms with Crippen LogP contribution < -0.4 is 10.0 Å². The molecule has 2 rings (SSSR count). The lowest BCUT2D eigenvalue weighted by atomic mass is 10.0. The van der Waals surface area contributed by atoms with E-state index in [9.17, 15) is 8.42 Å². The van der Waals surface area contributed by atoms with E-state index in [1.165, 1.54) is 11.3 Å². The molecule has 2 aromatic heterocycles. The Hall–Kier alpha value is -1.12. The van der Waals surface area contributed by atoms with E-state index in [2.05, 4.69) is 15.0 Å². The van der Waals surface area contributed by atoms with Crippen molar-refractivity contribution in [1.29, 1.82) is 0 Å². The monoisotopic (exact) mass is 302 g/mol. The molecule has 0 radical (unpaired) electrons. The number of thiazole rings is 1. The maximum Gasteiger partial charge on any atom is 0.260 e. The van der Waals surface area contributed by atoms with Gasteiger partial charge in [0.2, 0.25) is 0 Å². The lowest BCUT2D eigenvalue weighted by molar-refractivity contribution is 0.438. The highest BCUT2D eigenvalue weighted by atomic mass is 32.2. The molecule has 0 spiro atoms. The largest absolute Gasteiger partial charge is 0.371 e. The summed E-state index contributed by atoms with van der Waals surface area (Å²) in [5.41, 5.74) is -0.496. The fourth-order valence-electron chi connectivity index (χ4n) is 1.67. The van der Waals surface area contributed by atoms with Gasteiger partial charge >= 0.3 is 0 Å². The maximum absolute atomic E-state index is 12.6. The van der Waals surface area contributed by atoms with Crippen molar-refractivity contribution < 1.29 is 8.42 Å². The van der Waals surface area contributed by atoms with E-state index in [1.807, 2.05) is 26.2 Å². The van der Waals surface area contributed by atoms with Gasteiger partial charge in [-0.05, 0) is 20.3 Å². The van der Waals surface area contributed by atoms with E-state index < -0.39 is 15.6 Å². The van der Waals surface area contributed by atoms with Gasteiger partial charge < -0.3 is 5.32 Å². The Morgan fingerprint density at radius 2 is 2.16 bits per heavy atom. The van der Waals surface area contributed by atoms with Crippen LogP contribution in [0.25, 0.3) is 4.96 Å². The number of anilines is 1. The topological polar surface area (TPSA) is 75.5 Å². The van der Waals surface area contributed by atoms with Crippen LogP contribution in [0, 0.1) is 0 Å². The second-order valence-corrected chi connectivity index (χ2v) is 7.38. The SMILES string of the molecule is CCC(C)(C)NS(=O)(=O)c1c(NC)nc2sccn12. The molecule has 0 aliphatic heterocycles. The van der Waals surface area contributed by atoms with Gasteiger partial charge in [-0.3, -0.25) is 4.40 Å². The normalized spacial score (nSPS) is 13.1. The number of nitrogens with zero attached hydrogens (tertiary/aromatic N) is 2. The molecule has 0 unspecified atom stereocenters. The molecule has 2 heterocycles. The molecule has 2 N–H and O–H groups in total. The smallest absolute Gasteiger partial charge is 0.260 e. The molecule has 0 aromatic carbocycles. The highest BCUT2D eigenvalue weighted by Gasteiger charge is 2.30. The zero-order valence-electron chi connectivity index (χ0n) is 11.4. The lowest BCUT2D eigenvalue weighted by Crippen LogP contribution is -2.43. The first kappa shape index (κ1) is 14.3. The van der Waals surface area contributed by atoms with Gasteiger partial charge in [-0.2, -0.15) is 0 Å². The highest BCUT2D eigenvalue weighted by molar-refractivity contribution is 7.89. The zero-order valence-corrected chi connectivity index (χ0v) is 13.0. The summed E-state index contributed by atoms with van der Waals surface area (Å²) in [4.78, 5) is 4.92. The van der Waals surface area contributed by atoms with Crippen molar-refractivity contribution in [3.63, 3.8) is 0 Å². The number of imidazole rings is 1. The first-order valence-corrected chi connectivity index (χ1v) is 8.34. The number of nitrogens with one attached hydrogen (secondary N) is 2. The molecule has 2 aromatic rings. The number of rotatable bonds is 5. The molecule has 8 heteroatoms. The minimum Gasteiger partial charge on any atom is -0.371 e. The fourth-order valence-corrected chi connectivity index (χ4v) is 4.22. The predicted octanol–water partition coefficient (Wildman–Crippen LogP) is 1.90. The molecule has 0 saturated heterocycles. The molecule has 19 heavy (non-hydrogen) atoms. The van der Waals surface area contributed by atoms with Crippen LogP contribution in [0.15, 0.2) is 16.6 Å². The van der Waals surface area contributed by atoms with Crippen molar-refractivity contribution in [2.24, 2.45) is 0 Å². The van der Waals surface area contributed by atoms with Gasteiger partial charge in [-0.25, -0.2) is 18.1 Å². The summed E-state index contributed by atoms with van der Waals surface area (Å²) in [5, 5.41) is 4.81. The van der Waals surface area contributed by atoms with Crippen LogP contribution in [-0.4, -0.2) is 30.4 Å². The van der Waals surface area contributed by atoms with E-state index in [0.717, 1.165) is 0 Å². The predicted molar refractivity (Wildman–Crippen MR) is 77.3 cm³/mol. The Labute approximate surface area is 116 Å². The summed E-state index contributed by atoms with van der Waals surface area (Å²) in [6, 6.07) is 0. The van der Waals surface area contributed by atoms with Crippen molar-refractivity contribution in [2.45, 2.75) is 37.8 Å². The molecule has 0 fully saturated rings. The minimum atomic E-state index is -3.63. The number of aromatic nitrogens is 2. The number of hydrogen-bond donors (Lipinski definition) is 2. The molecule has 0 aliphatic rings. The summed E-state index contributed by atoms with van der Waals surface area (Å²) in [5.74, 6) is 0.367. The first-order chi connectivity index (χ1) is 8.80. The molecule has 0 saturated carbocycles. The van der Waals surface area contributed by atoms with Crippen LogP contribution in [-0.2, 0) is 10.0 Å². The average Bonchev–Trinajstić information content (AvgIpc) is 2.85. The number of fused-ring (bicyclic) bond motifs is 1. The molecular formula is C11H18N4O2S2. The third kappa shape index (κ3) is 2.60. The van der Waals surface area contributed by atoms with Crippen molar-refractivity contribution >= 4 is 32.1 Å². The number of hydrogen-bond acceptors (Lipinski definition) is 5. The van der Waals surface area contributed by atoms with Crippen molar-refractivity contribution in [3.8, 4) is 0 Å². The molecule has 0 amide bonds. The Bertz CT molecular complexity index is 685. The van der Waals surface area contributed by atoms with Crippen LogP contribution in [0.5, 0.6) is 0 Å². The van der Waals surface area contributed by atoms with Gasteiger partial charge in [0.25, 0.3) is 10.0 Å². The van der Waals surface area contributed by atoms with Crippen LogP contribution in [0.1, 0.15) is 27.2 Å². The van der Waals surface area contributed by atoms with Crippen molar-refractivity contribution in [1.82, 2.24) is 14.1 Å². The van der Waals surface area contributed by atoms with Gasteiger partial charge in [0.1, 0.15) is 0 Å². The van der Waals surface area contributed by atoms with Gasteiger partial charge in [-0.15, -0.1) is 11.3 Å². The molecule has 106 valence electrons. The van der Waals surface area contributed by atoms with Gasteiger partial charge in [-0.1, -0.05) is 6.92 Å². The van der Waals surface area contributed by atoms with Crippen LogP contribution in [0.3, 0.4) is 0 Å². The van der Waals surface area contributed by atoms with E-state index in [0.29, 0.717) is 17.2 Å². The molecule has 6 nitrogen and oxygen atoms in total. The van der Waals surface area contributed by atoms with E-state index in [4.69, 9.17) is 0 Å². The molecule has 0 aliphatic carbocycles. The highest BCUT2D eigenvalue weighted by Crippen LogP contribution is 2.26. The van der Waals surface area contributed by atoms with E-state index in [1.54, 1.807) is 17.6 Å². The molecule has 0 atom stereocenters. The Balaban J connectivity index is 2.56. The summed E-state index contributed by atoms with van der Waals surface area (Å²) in [7, 11) is -1.97. The number of sulfonamides is 1. The fraction of sp³-hybridized carbons (Fsp3) is 0.545. The van der Waals surface area contributed by atoms with Crippen molar-refractivity contribution in [3.05, 3.63) is 11.6 Å². The Morgan fingerprint density at radius 3 is 2.74 bits per heavy atom.